The summed E-state index contributed by atoms with van der Waals surface area (Å²) in [7, 11) is 0. The van der Waals surface area contributed by atoms with Crippen molar-refractivity contribution in [3.63, 3.8) is 0 Å². The molecule has 4 heteroatoms. The van der Waals surface area contributed by atoms with Crippen LogP contribution in [0.1, 0.15) is 17.0 Å². The van der Waals surface area contributed by atoms with Crippen LogP contribution in [0.2, 0.25) is 0 Å². The number of aryl methyl sites for hydroxylation is 2. The molecule has 0 atom stereocenters. The van der Waals surface area contributed by atoms with Crippen LogP contribution in [0.15, 0.2) is 0 Å². The molecule has 0 unspecified atom stereocenters. The lowest BCUT2D eigenvalue weighted by atomic mass is 10.2. The van der Waals surface area contributed by atoms with Crippen molar-refractivity contribution in [2.75, 3.05) is 5.73 Å². The van der Waals surface area contributed by atoms with Gasteiger partial charge in [0.05, 0.1) is 17.0 Å². The summed E-state index contributed by atoms with van der Waals surface area (Å²) in [4.78, 5) is 7.70. The van der Waals surface area contributed by atoms with Gasteiger partial charge in [0.25, 0.3) is 0 Å². The maximum Gasteiger partial charge on any atom is 0.220 e. The number of anilines is 1. The number of rotatable bonds is 0. The van der Waals surface area contributed by atoms with E-state index in [9.17, 15) is 0 Å². The molecule has 0 fully saturated rings. The Kier molecular flexibility index (Phi) is 1.73. The summed E-state index contributed by atoms with van der Waals surface area (Å²) in [6, 6.07) is 2.01. The molecular weight excluding hydrogens is 140 g/mol. The molecule has 0 spiro atoms. The number of aromatic nitrogens is 2. The molecule has 1 aromatic heterocycles. The Morgan fingerprint density at radius 2 is 1.73 bits per heavy atom. The van der Waals surface area contributed by atoms with Crippen LogP contribution < -0.4 is 5.73 Å². The summed E-state index contributed by atoms with van der Waals surface area (Å²) in [6.45, 7) is 3.48. The Labute approximate surface area is 64.7 Å². The van der Waals surface area contributed by atoms with Gasteiger partial charge in [-0.25, -0.2) is 9.97 Å². The van der Waals surface area contributed by atoms with Gasteiger partial charge >= 0.3 is 0 Å². The lowest BCUT2D eigenvalue weighted by molar-refractivity contribution is 1.05. The molecule has 0 bridgehead atoms. The summed E-state index contributed by atoms with van der Waals surface area (Å²) in [5, 5.41) is 8.62. The van der Waals surface area contributed by atoms with Crippen LogP contribution in [0.4, 0.5) is 5.95 Å². The smallest absolute Gasteiger partial charge is 0.220 e. The minimum atomic E-state index is 0.221. The first kappa shape index (κ1) is 7.48. The Bertz CT molecular complexity index is 301. The summed E-state index contributed by atoms with van der Waals surface area (Å²) >= 11 is 0. The molecule has 0 aromatic carbocycles. The third-order valence-electron chi connectivity index (χ3n) is 1.40. The van der Waals surface area contributed by atoms with Gasteiger partial charge in [-0.05, 0) is 13.8 Å². The van der Waals surface area contributed by atoms with Gasteiger partial charge in [-0.15, -0.1) is 0 Å². The molecular formula is C7H8N4. The van der Waals surface area contributed by atoms with Gasteiger partial charge in [0, 0.05) is 0 Å². The molecule has 56 valence electrons. The summed E-state index contributed by atoms with van der Waals surface area (Å²) in [5.74, 6) is 0.221. The molecule has 11 heavy (non-hydrogen) atoms. The molecule has 2 N–H and O–H groups in total. The topological polar surface area (TPSA) is 75.6 Å². The third kappa shape index (κ3) is 1.27. The van der Waals surface area contributed by atoms with Crippen LogP contribution in [0.25, 0.3) is 0 Å². The van der Waals surface area contributed by atoms with Crippen molar-refractivity contribution in [2.24, 2.45) is 0 Å². The minimum absolute atomic E-state index is 0.221. The average molecular weight is 148 g/mol. The minimum Gasteiger partial charge on any atom is -0.368 e. The van der Waals surface area contributed by atoms with Gasteiger partial charge < -0.3 is 5.73 Å². The highest BCUT2D eigenvalue weighted by molar-refractivity contribution is 5.39. The van der Waals surface area contributed by atoms with Crippen LogP contribution in [0, 0.1) is 25.2 Å². The van der Waals surface area contributed by atoms with Crippen molar-refractivity contribution >= 4 is 5.95 Å². The first-order valence-corrected chi connectivity index (χ1v) is 3.16. The van der Waals surface area contributed by atoms with E-state index in [1.165, 1.54) is 0 Å². The maximum absolute atomic E-state index is 8.62. The van der Waals surface area contributed by atoms with Crippen LogP contribution in [-0.2, 0) is 0 Å². The van der Waals surface area contributed by atoms with Gasteiger partial charge in [-0.2, -0.15) is 5.26 Å². The summed E-state index contributed by atoms with van der Waals surface area (Å²) in [5.41, 5.74) is 7.14. The SMILES string of the molecule is Cc1nc(N)nc(C)c1C#N. The number of nitriles is 1. The van der Waals surface area contributed by atoms with Gasteiger partial charge in [-0.3, -0.25) is 0 Å². The number of nitrogen functional groups attached to an aromatic ring is 1. The molecule has 0 aliphatic rings. The van der Waals surface area contributed by atoms with Gasteiger partial charge in [-0.1, -0.05) is 0 Å². The molecule has 1 rings (SSSR count). The molecule has 0 amide bonds. The molecule has 0 saturated carbocycles. The fourth-order valence-electron chi connectivity index (χ4n) is 0.904. The van der Waals surface area contributed by atoms with E-state index in [2.05, 4.69) is 9.97 Å². The van der Waals surface area contributed by atoms with Crippen LogP contribution in [-0.4, -0.2) is 9.97 Å². The van der Waals surface area contributed by atoms with E-state index >= 15 is 0 Å². The number of hydrogen-bond donors (Lipinski definition) is 1. The average Bonchev–Trinajstić information content (AvgIpc) is 1.85. The Morgan fingerprint density at radius 1 is 1.27 bits per heavy atom. The molecule has 0 radical (unpaired) electrons. The first-order valence-electron chi connectivity index (χ1n) is 3.16. The molecule has 4 nitrogen and oxygen atoms in total. The van der Waals surface area contributed by atoms with E-state index in [4.69, 9.17) is 11.0 Å². The zero-order valence-electron chi connectivity index (χ0n) is 6.42. The summed E-state index contributed by atoms with van der Waals surface area (Å²) in [6.07, 6.45) is 0. The Morgan fingerprint density at radius 3 is 2.09 bits per heavy atom. The van der Waals surface area contributed by atoms with Crippen LogP contribution in [0.5, 0.6) is 0 Å². The van der Waals surface area contributed by atoms with Crippen molar-refractivity contribution in [1.82, 2.24) is 9.97 Å². The van der Waals surface area contributed by atoms with Crippen molar-refractivity contribution in [3.8, 4) is 6.07 Å². The highest BCUT2D eigenvalue weighted by Gasteiger charge is 2.04. The van der Waals surface area contributed by atoms with Crippen molar-refractivity contribution in [3.05, 3.63) is 17.0 Å². The number of nitrogens with two attached hydrogens (primary N) is 1. The zero-order valence-corrected chi connectivity index (χ0v) is 6.42. The highest BCUT2D eigenvalue weighted by atomic mass is 15.0. The Balaban J connectivity index is 3.40. The normalized spacial score (nSPS) is 9.18. The molecule has 1 heterocycles. The van der Waals surface area contributed by atoms with Gasteiger partial charge in [0.15, 0.2) is 0 Å². The van der Waals surface area contributed by atoms with E-state index in [0.717, 1.165) is 0 Å². The Hall–Kier alpha value is -1.63. The van der Waals surface area contributed by atoms with Gasteiger partial charge in [0.1, 0.15) is 6.07 Å². The van der Waals surface area contributed by atoms with Crippen molar-refractivity contribution in [2.45, 2.75) is 13.8 Å². The molecule has 0 aliphatic carbocycles. The number of nitrogens with zero attached hydrogens (tertiary/aromatic N) is 3. The molecule has 1 aromatic rings. The molecule has 0 saturated heterocycles. The second kappa shape index (κ2) is 2.54. The predicted molar refractivity (Wildman–Crippen MR) is 40.6 cm³/mol. The van der Waals surface area contributed by atoms with Crippen LogP contribution >= 0.6 is 0 Å². The van der Waals surface area contributed by atoms with E-state index in [1.54, 1.807) is 13.8 Å². The second-order valence-electron chi connectivity index (χ2n) is 2.24. The largest absolute Gasteiger partial charge is 0.368 e. The van der Waals surface area contributed by atoms with Crippen molar-refractivity contribution < 1.29 is 0 Å². The zero-order chi connectivity index (χ0) is 8.43. The quantitative estimate of drug-likeness (QED) is 0.582. The monoisotopic (exact) mass is 148 g/mol. The highest BCUT2D eigenvalue weighted by Crippen LogP contribution is 2.08. The van der Waals surface area contributed by atoms with Gasteiger partial charge in [0.2, 0.25) is 5.95 Å². The second-order valence-corrected chi connectivity index (χ2v) is 2.24. The summed E-state index contributed by atoms with van der Waals surface area (Å²) < 4.78 is 0. The lowest BCUT2D eigenvalue weighted by Gasteiger charge is -2.00. The first-order chi connectivity index (χ1) is 5.15. The van der Waals surface area contributed by atoms with Crippen molar-refractivity contribution in [1.29, 1.82) is 5.26 Å². The van der Waals surface area contributed by atoms with E-state index in [-0.39, 0.29) is 5.95 Å². The predicted octanol–water partition coefficient (Wildman–Crippen LogP) is 0.547. The van der Waals surface area contributed by atoms with E-state index in [1.807, 2.05) is 6.07 Å². The fraction of sp³-hybridized carbons (Fsp3) is 0.286. The van der Waals surface area contributed by atoms with E-state index in [0.29, 0.717) is 17.0 Å². The standard InChI is InChI=1S/C7H8N4/c1-4-6(3-8)5(2)11-7(9)10-4/h1-2H3,(H2,9,10,11). The maximum atomic E-state index is 8.62. The third-order valence-corrected chi connectivity index (χ3v) is 1.40. The lowest BCUT2D eigenvalue weighted by Crippen LogP contribution is -2.02. The number of hydrogen-bond acceptors (Lipinski definition) is 4. The molecule has 0 aliphatic heterocycles. The van der Waals surface area contributed by atoms with E-state index < -0.39 is 0 Å². The van der Waals surface area contributed by atoms with Crippen LogP contribution in [0.3, 0.4) is 0 Å². The fourth-order valence-corrected chi connectivity index (χ4v) is 0.904.